The summed E-state index contributed by atoms with van der Waals surface area (Å²) in [4.78, 5) is 12.3. The second-order valence-corrected chi connectivity index (χ2v) is 6.86. The van der Waals surface area contributed by atoms with Gasteiger partial charge in [0.2, 0.25) is 0 Å². The summed E-state index contributed by atoms with van der Waals surface area (Å²) in [6.45, 7) is 2.37. The number of aliphatic hydroxyl groups is 1. The Morgan fingerprint density at radius 2 is 1.92 bits per heavy atom. The van der Waals surface area contributed by atoms with Crippen LogP contribution in [-0.4, -0.2) is 23.8 Å². The van der Waals surface area contributed by atoms with Crippen molar-refractivity contribution in [1.82, 2.24) is 5.32 Å². The lowest BCUT2D eigenvalue weighted by Gasteiger charge is -2.46. The molecule has 0 bridgehead atoms. The van der Waals surface area contributed by atoms with Crippen LogP contribution in [0.1, 0.15) is 24.0 Å². The summed E-state index contributed by atoms with van der Waals surface area (Å²) in [6, 6.07) is 15.2. The van der Waals surface area contributed by atoms with Crippen LogP contribution in [0, 0.1) is 6.92 Å². The van der Waals surface area contributed by atoms with Crippen molar-refractivity contribution in [3.63, 3.8) is 0 Å². The smallest absolute Gasteiger partial charge is 0.319 e. The molecule has 0 spiro atoms. The third kappa shape index (κ3) is 3.40. The molecule has 4 nitrogen and oxygen atoms in total. The molecule has 0 radical (unpaired) electrons. The zero-order valence-electron chi connectivity index (χ0n) is 13.6. The molecule has 1 fully saturated rings. The van der Waals surface area contributed by atoms with Gasteiger partial charge in [-0.2, -0.15) is 0 Å². The predicted octanol–water partition coefficient (Wildman–Crippen LogP) is 3.86. The van der Waals surface area contributed by atoms with Crippen molar-refractivity contribution in [3.8, 4) is 0 Å². The molecule has 0 heterocycles. The minimum Gasteiger partial charge on any atom is -0.393 e. The number of carbonyl (C=O) groups is 1. The first-order valence-electron chi connectivity index (χ1n) is 8.04. The van der Waals surface area contributed by atoms with Crippen LogP contribution in [0.4, 0.5) is 10.5 Å². The van der Waals surface area contributed by atoms with Crippen LogP contribution < -0.4 is 10.6 Å². The first kappa shape index (κ1) is 16.8. The van der Waals surface area contributed by atoms with Crippen LogP contribution in [0.5, 0.6) is 0 Å². The molecule has 3 N–H and O–H groups in total. The summed E-state index contributed by atoms with van der Waals surface area (Å²) in [5.41, 5.74) is 2.48. The lowest BCUT2D eigenvalue weighted by atomic mass is 9.62. The van der Waals surface area contributed by atoms with Gasteiger partial charge >= 0.3 is 6.03 Å². The average Bonchev–Trinajstić information content (AvgIpc) is 2.55. The monoisotopic (exact) mass is 344 g/mol. The van der Waals surface area contributed by atoms with Gasteiger partial charge in [0.1, 0.15) is 0 Å². The lowest BCUT2D eigenvalue weighted by Crippen LogP contribution is -2.52. The van der Waals surface area contributed by atoms with Gasteiger partial charge in [0, 0.05) is 12.0 Å². The average molecular weight is 345 g/mol. The van der Waals surface area contributed by atoms with E-state index < -0.39 is 0 Å². The standard InChI is InChI=1S/C19H21ClN2O2/c1-13-6-5-9-16(20)17(13)22-18(24)21-12-19(10-15(23)11-19)14-7-3-2-4-8-14/h2-9,15,23H,10-12H2,1H3,(H2,21,22,24). The number of hydrogen-bond donors (Lipinski definition) is 3. The fourth-order valence-electron chi connectivity index (χ4n) is 3.31. The molecule has 0 aliphatic heterocycles. The number of para-hydroxylation sites is 1. The number of amides is 2. The summed E-state index contributed by atoms with van der Waals surface area (Å²) in [5, 5.41) is 16.0. The van der Waals surface area contributed by atoms with Crippen molar-refractivity contribution in [2.24, 2.45) is 0 Å². The lowest BCUT2D eigenvalue weighted by molar-refractivity contribution is 0.0193. The van der Waals surface area contributed by atoms with Gasteiger partial charge in [-0.15, -0.1) is 0 Å². The molecule has 0 atom stereocenters. The van der Waals surface area contributed by atoms with Crippen LogP contribution in [-0.2, 0) is 5.41 Å². The molecule has 1 aliphatic rings. The molecule has 0 saturated heterocycles. The fraction of sp³-hybridized carbons (Fsp3) is 0.316. The molecule has 1 aliphatic carbocycles. The molecule has 1 saturated carbocycles. The first-order valence-corrected chi connectivity index (χ1v) is 8.41. The molecule has 2 aromatic carbocycles. The topological polar surface area (TPSA) is 61.4 Å². The highest BCUT2D eigenvalue weighted by Crippen LogP contribution is 2.43. The minimum absolute atomic E-state index is 0.201. The van der Waals surface area contributed by atoms with Crippen LogP contribution in [0.3, 0.4) is 0 Å². The number of hydrogen-bond acceptors (Lipinski definition) is 2. The molecule has 0 unspecified atom stereocenters. The Kier molecular flexibility index (Phi) is 4.78. The number of aryl methyl sites for hydroxylation is 1. The Labute approximate surface area is 146 Å². The molecule has 0 aromatic heterocycles. The number of carbonyl (C=O) groups excluding carboxylic acids is 1. The summed E-state index contributed by atoms with van der Waals surface area (Å²) >= 11 is 6.14. The van der Waals surface area contributed by atoms with E-state index >= 15 is 0 Å². The number of nitrogens with one attached hydrogen (secondary N) is 2. The maximum absolute atomic E-state index is 12.3. The van der Waals surface area contributed by atoms with Gasteiger partial charge in [-0.25, -0.2) is 4.79 Å². The van der Waals surface area contributed by atoms with Crippen LogP contribution in [0.25, 0.3) is 0 Å². The summed E-state index contributed by atoms with van der Waals surface area (Å²) in [5.74, 6) is 0. The van der Waals surface area contributed by atoms with Gasteiger partial charge in [0.15, 0.2) is 0 Å². The molecule has 24 heavy (non-hydrogen) atoms. The Morgan fingerprint density at radius 3 is 2.54 bits per heavy atom. The predicted molar refractivity (Wildman–Crippen MR) is 96.6 cm³/mol. The second kappa shape index (κ2) is 6.83. The largest absolute Gasteiger partial charge is 0.393 e. The maximum Gasteiger partial charge on any atom is 0.319 e. The van der Waals surface area contributed by atoms with Crippen LogP contribution in [0.15, 0.2) is 48.5 Å². The molecule has 2 aromatic rings. The maximum atomic E-state index is 12.3. The highest BCUT2D eigenvalue weighted by molar-refractivity contribution is 6.33. The van der Waals surface area contributed by atoms with Crippen LogP contribution >= 0.6 is 11.6 Å². The zero-order chi connectivity index (χ0) is 17.2. The Balaban J connectivity index is 1.67. The van der Waals surface area contributed by atoms with E-state index in [9.17, 15) is 9.90 Å². The van der Waals surface area contributed by atoms with Crippen molar-refractivity contribution < 1.29 is 9.90 Å². The zero-order valence-corrected chi connectivity index (χ0v) is 14.3. The van der Waals surface area contributed by atoms with Gasteiger partial charge in [-0.1, -0.05) is 54.1 Å². The van der Waals surface area contributed by atoms with Gasteiger partial charge < -0.3 is 15.7 Å². The van der Waals surface area contributed by atoms with E-state index in [0.717, 1.165) is 11.1 Å². The Hall–Kier alpha value is -2.04. The number of rotatable bonds is 4. The number of anilines is 1. The van der Waals surface area contributed by atoms with Gasteiger partial charge in [0.05, 0.1) is 16.8 Å². The van der Waals surface area contributed by atoms with Gasteiger partial charge in [-0.05, 0) is 37.0 Å². The molecule has 2 amide bonds. The minimum atomic E-state index is -0.305. The summed E-state index contributed by atoms with van der Waals surface area (Å²) in [7, 11) is 0. The van der Waals surface area contributed by atoms with E-state index in [1.807, 2.05) is 49.4 Å². The van der Waals surface area contributed by atoms with Gasteiger partial charge in [0.25, 0.3) is 0 Å². The first-order chi connectivity index (χ1) is 11.5. The molecule has 126 valence electrons. The number of halogens is 1. The van der Waals surface area contributed by atoms with E-state index in [4.69, 9.17) is 11.6 Å². The summed E-state index contributed by atoms with van der Waals surface area (Å²) < 4.78 is 0. The van der Waals surface area contributed by atoms with Crippen molar-refractivity contribution in [1.29, 1.82) is 0 Å². The highest BCUT2D eigenvalue weighted by atomic mass is 35.5. The summed E-state index contributed by atoms with van der Waals surface area (Å²) in [6.07, 6.45) is 1.01. The van der Waals surface area contributed by atoms with E-state index in [-0.39, 0.29) is 17.6 Å². The van der Waals surface area contributed by atoms with Crippen molar-refractivity contribution in [2.75, 3.05) is 11.9 Å². The van der Waals surface area contributed by atoms with E-state index in [1.165, 1.54) is 0 Å². The molecular weight excluding hydrogens is 324 g/mol. The van der Waals surface area contributed by atoms with E-state index in [1.54, 1.807) is 6.07 Å². The highest BCUT2D eigenvalue weighted by Gasteiger charge is 2.44. The number of benzene rings is 2. The second-order valence-electron chi connectivity index (χ2n) is 6.45. The van der Waals surface area contributed by atoms with Crippen LogP contribution in [0.2, 0.25) is 5.02 Å². The van der Waals surface area contributed by atoms with Crippen molar-refractivity contribution >= 4 is 23.3 Å². The molecule has 5 heteroatoms. The third-order valence-corrected chi connectivity index (χ3v) is 5.00. The van der Waals surface area contributed by atoms with E-state index in [2.05, 4.69) is 10.6 Å². The van der Waals surface area contributed by atoms with Crippen molar-refractivity contribution in [3.05, 3.63) is 64.7 Å². The Morgan fingerprint density at radius 1 is 1.21 bits per heavy atom. The molecular formula is C19H21ClN2O2. The Bertz CT molecular complexity index is 707. The van der Waals surface area contributed by atoms with Gasteiger partial charge in [-0.3, -0.25) is 0 Å². The number of urea groups is 1. The normalized spacial score (nSPS) is 22.5. The number of aliphatic hydroxyl groups excluding tert-OH is 1. The molecule has 3 rings (SSSR count). The fourth-order valence-corrected chi connectivity index (χ4v) is 3.58. The van der Waals surface area contributed by atoms with Crippen molar-refractivity contribution in [2.45, 2.75) is 31.3 Å². The van der Waals surface area contributed by atoms with E-state index in [0.29, 0.717) is 30.1 Å². The SMILES string of the molecule is Cc1cccc(Cl)c1NC(=O)NCC1(c2ccccc2)CC(O)C1. The quantitative estimate of drug-likeness (QED) is 0.788. The third-order valence-electron chi connectivity index (χ3n) is 4.69.